The Labute approximate surface area is 127 Å². The van der Waals surface area contributed by atoms with Crippen LogP contribution in [0.4, 0.5) is 5.13 Å². The van der Waals surface area contributed by atoms with Gasteiger partial charge in [0.15, 0.2) is 5.13 Å². The van der Waals surface area contributed by atoms with Crippen LogP contribution in [0.3, 0.4) is 0 Å². The third kappa shape index (κ3) is 3.11. The minimum Gasteiger partial charge on any atom is -0.302 e. The minimum atomic E-state index is -0.0287. The molecule has 3 aromatic rings. The van der Waals surface area contributed by atoms with Crippen LogP contribution in [0.15, 0.2) is 42.5 Å². The van der Waals surface area contributed by atoms with E-state index in [0.717, 1.165) is 21.5 Å². The van der Waals surface area contributed by atoms with Crippen LogP contribution < -0.4 is 5.32 Å². The number of carbonyl (C=O) groups is 1. The van der Waals surface area contributed by atoms with Crippen LogP contribution in [0.2, 0.25) is 0 Å². The highest BCUT2D eigenvalue weighted by Gasteiger charge is 2.09. The van der Waals surface area contributed by atoms with E-state index in [-0.39, 0.29) is 5.91 Å². The number of amides is 1. The molecule has 0 radical (unpaired) electrons. The van der Waals surface area contributed by atoms with Crippen molar-refractivity contribution in [2.45, 2.75) is 20.3 Å². The molecule has 1 aromatic heterocycles. The second-order valence-corrected chi connectivity index (χ2v) is 6.27. The van der Waals surface area contributed by atoms with Gasteiger partial charge in [-0.25, -0.2) is 4.98 Å². The first-order valence-electron chi connectivity index (χ1n) is 6.83. The third-order valence-electron chi connectivity index (χ3n) is 3.45. The van der Waals surface area contributed by atoms with Gasteiger partial charge >= 0.3 is 0 Å². The first-order chi connectivity index (χ1) is 10.1. The number of nitrogens with zero attached hydrogens (tertiary/aromatic N) is 1. The molecule has 0 aliphatic carbocycles. The van der Waals surface area contributed by atoms with E-state index < -0.39 is 0 Å². The van der Waals surface area contributed by atoms with Gasteiger partial charge in [0.05, 0.1) is 12.1 Å². The Hall–Kier alpha value is -2.20. The Morgan fingerprint density at radius 2 is 1.90 bits per heavy atom. The minimum absolute atomic E-state index is 0.0287. The summed E-state index contributed by atoms with van der Waals surface area (Å²) < 4.78 is 0. The fourth-order valence-electron chi connectivity index (χ4n) is 2.22. The molecule has 0 spiro atoms. The van der Waals surface area contributed by atoms with Crippen molar-refractivity contribution in [1.82, 2.24) is 4.98 Å². The molecule has 1 N–H and O–H groups in total. The van der Waals surface area contributed by atoms with Crippen LogP contribution in [-0.4, -0.2) is 10.9 Å². The van der Waals surface area contributed by atoms with E-state index in [0.29, 0.717) is 11.6 Å². The lowest BCUT2D eigenvalue weighted by Gasteiger charge is -2.04. The summed E-state index contributed by atoms with van der Waals surface area (Å²) in [7, 11) is 0. The highest BCUT2D eigenvalue weighted by Crippen LogP contribution is 2.21. The molecular formula is C17H16N2OS. The molecule has 0 atom stereocenters. The molecule has 1 amide bonds. The molecule has 2 aromatic carbocycles. The van der Waals surface area contributed by atoms with Crippen molar-refractivity contribution in [2.75, 3.05) is 5.32 Å². The maximum Gasteiger partial charge on any atom is 0.230 e. The topological polar surface area (TPSA) is 42.0 Å². The van der Waals surface area contributed by atoms with Gasteiger partial charge in [0.1, 0.15) is 0 Å². The fourth-order valence-corrected chi connectivity index (χ4v) is 3.05. The number of anilines is 1. The molecule has 21 heavy (non-hydrogen) atoms. The number of fused-ring (bicyclic) bond motifs is 1. The lowest BCUT2D eigenvalue weighted by Crippen LogP contribution is -2.14. The molecule has 3 nitrogen and oxygen atoms in total. The summed E-state index contributed by atoms with van der Waals surface area (Å²) in [5.41, 5.74) is 1.98. The van der Waals surface area contributed by atoms with Crippen LogP contribution in [0, 0.1) is 13.8 Å². The fraction of sp³-hybridized carbons (Fsp3) is 0.176. The lowest BCUT2D eigenvalue weighted by atomic mass is 10.1. The number of thiazole rings is 1. The van der Waals surface area contributed by atoms with Crippen LogP contribution in [0.5, 0.6) is 0 Å². The highest BCUT2D eigenvalue weighted by molar-refractivity contribution is 7.15. The normalized spacial score (nSPS) is 10.8. The summed E-state index contributed by atoms with van der Waals surface area (Å²) in [6.45, 7) is 3.96. The summed E-state index contributed by atoms with van der Waals surface area (Å²) >= 11 is 1.51. The number of aryl methyl sites for hydroxylation is 2. The predicted molar refractivity (Wildman–Crippen MR) is 87.9 cm³/mol. The molecule has 0 saturated carbocycles. The number of hydrogen-bond donors (Lipinski definition) is 1. The largest absolute Gasteiger partial charge is 0.302 e. The molecule has 0 aliphatic heterocycles. The van der Waals surface area contributed by atoms with Gasteiger partial charge in [0.25, 0.3) is 0 Å². The predicted octanol–water partition coefficient (Wildman–Crippen LogP) is 4.09. The van der Waals surface area contributed by atoms with E-state index in [9.17, 15) is 4.79 Å². The Balaban J connectivity index is 1.73. The zero-order valence-electron chi connectivity index (χ0n) is 12.0. The van der Waals surface area contributed by atoms with Gasteiger partial charge in [0.2, 0.25) is 5.91 Å². The average Bonchev–Trinajstić information content (AvgIpc) is 2.77. The van der Waals surface area contributed by atoms with Crippen LogP contribution >= 0.6 is 11.3 Å². The number of aromatic nitrogens is 1. The first-order valence-corrected chi connectivity index (χ1v) is 7.65. The van der Waals surface area contributed by atoms with Crippen molar-refractivity contribution in [1.29, 1.82) is 0 Å². The van der Waals surface area contributed by atoms with Gasteiger partial charge < -0.3 is 5.32 Å². The molecule has 4 heteroatoms. The summed E-state index contributed by atoms with van der Waals surface area (Å²) in [5.74, 6) is -0.0287. The van der Waals surface area contributed by atoms with Gasteiger partial charge in [0, 0.05) is 4.88 Å². The van der Waals surface area contributed by atoms with Gasteiger partial charge in [-0.15, -0.1) is 11.3 Å². The Morgan fingerprint density at radius 1 is 1.14 bits per heavy atom. The Morgan fingerprint density at radius 3 is 2.62 bits per heavy atom. The SMILES string of the molecule is Cc1nc(NC(=O)Cc2ccc3ccccc3c2)sc1C. The van der Waals surface area contributed by atoms with E-state index in [1.54, 1.807) is 0 Å². The molecule has 0 unspecified atom stereocenters. The quantitative estimate of drug-likeness (QED) is 0.791. The van der Waals surface area contributed by atoms with Gasteiger partial charge in [-0.05, 0) is 30.2 Å². The summed E-state index contributed by atoms with van der Waals surface area (Å²) in [6.07, 6.45) is 0.364. The van der Waals surface area contributed by atoms with Gasteiger partial charge in [-0.1, -0.05) is 42.5 Å². The maximum absolute atomic E-state index is 12.1. The van der Waals surface area contributed by atoms with Crippen molar-refractivity contribution in [3.05, 3.63) is 58.6 Å². The van der Waals surface area contributed by atoms with E-state index in [2.05, 4.69) is 34.6 Å². The van der Waals surface area contributed by atoms with Crippen molar-refractivity contribution >= 4 is 33.1 Å². The second-order valence-electron chi connectivity index (χ2n) is 5.07. The Kier molecular flexibility index (Phi) is 3.71. The van der Waals surface area contributed by atoms with Gasteiger partial charge in [-0.2, -0.15) is 0 Å². The smallest absolute Gasteiger partial charge is 0.230 e. The zero-order chi connectivity index (χ0) is 14.8. The van der Waals surface area contributed by atoms with Crippen molar-refractivity contribution in [2.24, 2.45) is 0 Å². The molecule has 0 fully saturated rings. The zero-order valence-corrected chi connectivity index (χ0v) is 12.8. The Bertz CT molecular complexity index is 788. The first kappa shape index (κ1) is 13.8. The second kappa shape index (κ2) is 5.66. The highest BCUT2D eigenvalue weighted by atomic mass is 32.1. The van der Waals surface area contributed by atoms with Crippen molar-refractivity contribution in [3.63, 3.8) is 0 Å². The number of rotatable bonds is 3. The maximum atomic E-state index is 12.1. The van der Waals surface area contributed by atoms with Crippen molar-refractivity contribution in [3.8, 4) is 0 Å². The van der Waals surface area contributed by atoms with E-state index in [1.165, 1.54) is 16.7 Å². The molecule has 0 saturated heterocycles. The molecule has 1 heterocycles. The number of carbonyl (C=O) groups excluding carboxylic acids is 1. The van der Waals surface area contributed by atoms with E-state index >= 15 is 0 Å². The van der Waals surface area contributed by atoms with E-state index in [1.807, 2.05) is 32.0 Å². The molecule has 0 aliphatic rings. The van der Waals surface area contributed by atoms with Gasteiger partial charge in [-0.3, -0.25) is 4.79 Å². The third-order valence-corrected chi connectivity index (χ3v) is 4.44. The summed E-state index contributed by atoms with van der Waals surface area (Å²) in [6, 6.07) is 14.3. The molecular weight excluding hydrogens is 280 g/mol. The molecule has 0 bridgehead atoms. The summed E-state index contributed by atoms with van der Waals surface area (Å²) in [5, 5.41) is 5.89. The number of benzene rings is 2. The number of hydrogen-bond acceptors (Lipinski definition) is 3. The summed E-state index contributed by atoms with van der Waals surface area (Å²) in [4.78, 5) is 17.6. The number of nitrogens with one attached hydrogen (secondary N) is 1. The monoisotopic (exact) mass is 296 g/mol. The standard InChI is InChI=1S/C17H16N2OS/c1-11-12(2)21-17(18-11)19-16(20)10-13-7-8-14-5-3-4-6-15(14)9-13/h3-9H,10H2,1-2H3,(H,18,19,20). The van der Waals surface area contributed by atoms with Crippen molar-refractivity contribution < 1.29 is 4.79 Å². The average molecular weight is 296 g/mol. The molecule has 3 rings (SSSR count). The molecule has 106 valence electrons. The van der Waals surface area contributed by atoms with Crippen LogP contribution in [-0.2, 0) is 11.2 Å². The van der Waals surface area contributed by atoms with Crippen LogP contribution in [0.25, 0.3) is 10.8 Å². The lowest BCUT2D eigenvalue weighted by molar-refractivity contribution is -0.115. The van der Waals surface area contributed by atoms with E-state index in [4.69, 9.17) is 0 Å². The van der Waals surface area contributed by atoms with Crippen LogP contribution in [0.1, 0.15) is 16.1 Å².